The molecule has 21 heavy (non-hydrogen) atoms. The highest BCUT2D eigenvalue weighted by molar-refractivity contribution is 5.29. The van der Waals surface area contributed by atoms with Crippen molar-refractivity contribution in [1.29, 1.82) is 0 Å². The highest BCUT2D eigenvalue weighted by atomic mass is 19.1. The van der Waals surface area contributed by atoms with Crippen LogP contribution in [0.25, 0.3) is 0 Å². The zero-order chi connectivity index (χ0) is 14.8. The van der Waals surface area contributed by atoms with Crippen molar-refractivity contribution in [2.45, 2.75) is 19.0 Å². The fourth-order valence-electron chi connectivity index (χ4n) is 2.89. The van der Waals surface area contributed by atoms with Crippen LogP contribution in [0.15, 0.2) is 42.5 Å². The number of rotatable bonds is 3. The van der Waals surface area contributed by atoms with E-state index in [1.54, 1.807) is 0 Å². The van der Waals surface area contributed by atoms with Gasteiger partial charge in [-0.05, 0) is 23.6 Å². The summed E-state index contributed by atoms with van der Waals surface area (Å²) in [4.78, 5) is 2.22. The Kier molecular flexibility index (Phi) is 3.99. The van der Waals surface area contributed by atoms with Crippen LogP contribution in [0.5, 0.6) is 0 Å². The van der Waals surface area contributed by atoms with Crippen molar-refractivity contribution in [3.05, 3.63) is 70.8 Å². The van der Waals surface area contributed by atoms with E-state index in [-0.39, 0.29) is 0 Å². The van der Waals surface area contributed by atoms with E-state index < -0.39 is 17.7 Å². The van der Waals surface area contributed by atoms with Gasteiger partial charge in [-0.15, -0.1) is 0 Å². The molecule has 1 heterocycles. The molecule has 1 aliphatic rings. The minimum Gasteiger partial charge on any atom is -0.323 e. The molecule has 0 aromatic heterocycles. The summed E-state index contributed by atoms with van der Waals surface area (Å²) >= 11 is 0. The van der Waals surface area contributed by atoms with Crippen molar-refractivity contribution < 1.29 is 8.78 Å². The fourth-order valence-corrected chi connectivity index (χ4v) is 2.89. The highest BCUT2D eigenvalue weighted by Crippen LogP contribution is 2.22. The van der Waals surface area contributed by atoms with Crippen LogP contribution in [0.2, 0.25) is 0 Å². The lowest BCUT2D eigenvalue weighted by atomic mass is 9.98. The number of halogens is 2. The first kappa shape index (κ1) is 14.2. The van der Waals surface area contributed by atoms with Crippen molar-refractivity contribution >= 4 is 0 Å². The van der Waals surface area contributed by atoms with Crippen LogP contribution in [0.3, 0.4) is 0 Å². The lowest BCUT2D eigenvalue weighted by Crippen LogP contribution is -2.36. The molecule has 0 aliphatic carbocycles. The summed E-state index contributed by atoms with van der Waals surface area (Å²) < 4.78 is 26.7. The molecule has 0 saturated carbocycles. The molecule has 0 radical (unpaired) electrons. The van der Waals surface area contributed by atoms with Gasteiger partial charge in [0.15, 0.2) is 0 Å². The van der Waals surface area contributed by atoms with E-state index in [1.165, 1.54) is 23.3 Å². The molecule has 1 aliphatic heterocycles. The van der Waals surface area contributed by atoms with Gasteiger partial charge in [0, 0.05) is 37.3 Å². The lowest BCUT2D eigenvalue weighted by Gasteiger charge is -2.30. The Morgan fingerprint density at radius 1 is 1.10 bits per heavy atom. The third kappa shape index (κ3) is 3.12. The quantitative estimate of drug-likeness (QED) is 0.940. The molecule has 0 amide bonds. The second-order valence-electron chi connectivity index (χ2n) is 5.53. The second kappa shape index (κ2) is 5.92. The normalized spacial score (nSPS) is 16.5. The topological polar surface area (TPSA) is 29.3 Å². The Morgan fingerprint density at radius 2 is 1.86 bits per heavy atom. The number of hydrogen-bond acceptors (Lipinski definition) is 2. The second-order valence-corrected chi connectivity index (χ2v) is 5.53. The molecular formula is C17H18F2N2. The molecule has 0 spiro atoms. The molecule has 110 valence electrons. The molecule has 2 nitrogen and oxygen atoms in total. The predicted octanol–water partition coefficient (Wildman–Crippen LogP) is 3.02. The van der Waals surface area contributed by atoms with Gasteiger partial charge in [-0.2, -0.15) is 0 Å². The van der Waals surface area contributed by atoms with E-state index in [0.717, 1.165) is 25.6 Å². The van der Waals surface area contributed by atoms with E-state index in [4.69, 9.17) is 5.73 Å². The standard InChI is InChI=1S/C17H18F2N2/c18-14-5-6-15(16(19)9-14)17(20)11-21-8-7-12-3-1-2-4-13(12)10-21/h1-6,9,17H,7-8,10-11,20H2. The molecule has 0 bridgehead atoms. The summed E-state index contributed by atoms with van der Waals surface area (Å²) in [5, 5.41) is 0. The largest absolute Gasteiger partial charge is 0.323 e. The Bertz CT molecular complexity index is 642. The summed E-state index contributed by atoms with van der Waals surface area (Å²) in [6.07, 6.45) is 0.981. The SMILES string of the molecule is NC(CN1CCc2ccccc2C1)c1ccc(F)cc1F. The third-order valence-corrected chi connectivity index (χ3v) is 4.03. The van der Waals surface area contributed by atoms with Gasteiger partial charge in [-0.1, -0.05) is 30.3 Å². The van der Waals surface area contributed by atoms with Gasteiger partial charge in [0.05, 0.1) is 0 Å². The molecule has 2 N–H and O–H groups in total. The first-order chi connectivity index (χ1) is 10.1. The molecule has 0 saturated heterocycles. The average molecular weight is 288 g/mol. The number of nitrogens with zero attached hydrogens (tertiary/aromatic N) is 1. The summed E-state index contributed by atoms with van der Waals surface area (Å²) in [6.45, 7) is 2.30. The molecule has 2 aromatic carbocycles. The van der Waals surface area contributed by atoms with Gasteiger partial charge in [-0.3, -0.25) is 4.90 Å². The molecular weight excluding hydrogens is 270 g/mol. The maximum atomic E-state index is 13.8. The van der Waals surface area contributed by atoms with Crippen LogP contribution in [-0.2, 0) is 13.0 Å². The first-order valence-corrected chi connectivity index (χ1v) is 7.13. The highest BCUT2D eigenvalue weighted by Gasteiger charge is 2.20. The minimum atomic E-state index is -0.574. The molecule has 4 heteroatoms. The van der Waals surface area contributed by atoms with Gasteiger partial charge in [0.2, 0.25) is 0 Å². The fraction of sp³-hybridized carbons (Fsp3) is 0.294. The van der Waals surface area contributed by atoms with Crippen molar-refractivity contribution in [3.8, 4) is 0 Å². The lowest BCUT2D eigenvalue weighted by molar-refractivity contribution is 0.237. The molecule has 1 atom stereocenters. The number of hydrogen-bond donors (Lipinski definition) is 1. The number of nitrogens with two attached hydrogens (primary N) is 1. The van der Waals surface area contributed by atoms with Crippen molar-refractivity contribution in [2.75, 3.05) is 13.1 Å². The number of benzene rings is 2. The molecule has 1 unspecified atom stereocenters. The van der Waals surface area contributed by atoms with E-state index in [1.807, 2.05) is 12.1 Å². The molecule has 2 aromatic rings. The van der Waals surface area contributed by atoms with Crippen molar-refractivity contribution in [3.63, 3.8) is 0 Å². The summed E-state index contributed by atoms with van der Waals surface area (Å²) in [7, 11) is 0. The first-order valence-electron chi connectivity index (χ1n) is 7.13. The predicted molar refractivity (Wildman–Crippen MR) is 78.7 cm³/mol. The van der Waals surface area contributed by atoms with Gasteiger partial charge in [0.1, 0.15) is 11.6 Å². The van der Waals surface area contributed by atoms with Gasteiger partial charge >= 0.3 is 0 Å². The minimum absolute atomic E-state index is 0.371. The van der Waals surface area contributed by atoms with Gasteiger partial charge in [0.25, 0.3) is 0 Å². The van der Waals surface area contributed by atoms with E-state index >= 15 is 0 Å². The monoisotopic (exact) mass is 288 g/mol. The Morgan fingerprint density at radius 3 is 2.62 bits per heavy atom. The maximum Gasteiger partial charge on any atom is 0.130 e. The Hall–Kier alpha value is -1.78. The molecule has 0 fully saturated rings. The van der Waals surface area contributed by atoms with E-state index in [2.05, 4.69) is 17.0 Å². The van der Waals surface area contributed by atoms with Crippen LogP contribution in [0.1, 0.15) is 22.7 Å². The Labute approximate surface area is 123 Å². The average Bonchev–Trinajstić information content (AvgIpc) is 2.47. The molecule has 3 rings (SSSR count). The van der Waals surface area contributed by atoms with Crippen molar-refractivity contribution in [1.82, 2.24) is 4.90 Å². The van der Waals surface area contributed by atoms with Crippen LogP contribution in [-0.4, -0.2) is 18.0 Å². The number of fused-ring (bicyclic) bond motifs is 1. The Balaban J connectivity index is 1.70. The smallest absolute Gasteiger partial charge is 0.130 e. The van der Waals surface area contributed by atoms with E-state index in [9.17, 15) is 8.78 Å². The van der Waals surface area contributed by atoms with Crippen LogP contribution >= 0.6 is 0 Å². The maximum absolute atomic E-state index is 13.8. The van der Waals surface area contributed by atoms with Crippen LogP contribution in [0, 0.1) is 11.6 Å². The van der Waals surface area contributed by atoms with Gasteiger partial charge in [-0.25, -0.2) is 8.78 Å². The summed E-state index contributed by atoms with van der Waals surface area (Å²) in [5.41, 5.74) is 9.14. The van der Waals surface area contributed by atoms with E-state index in [0.29, 0.717) is 12.1 Å². The van der Waals surface area contributed by atoms with Crippen LogP contribution < -0.4 is 5.73 Å². The van der Waals surface area contributed by atoms with Gasteiger partial charge < -0.3 is 5.73 Å². The zero-order valence-corrected chi connectivity index (χ0v) is 11.7. The van der Waals surface area contributed by atoms with Crippen molar-refractivity contribution in [2.24, 2.45) is 5.73 Å². The summed E-state index contributed by atoms with van der Waals surface area (Å²) in [5.74, 6) is -1.14. The summed E-state index contributed by atoms with van der Waals surface area (Å²) in [6, 6.07) is 11.5. The third-order valence-electron chi connectivity index (χ3n) is 4.03. The zero-order valence-electron chi connectivity index (χ0n) is 11.7. The van der Waals surface area contributed by atoms with Crippen LogP contribution in [0.4, 0.5) is 8.78 Å².